The molecule has 1 aromatic heterocycles. The summed E-state index contributed by atoms with van der Waals surface area (Å²) in [6.07, 6.45) is 2.06. The van der Waals surface area contributed by atoms with Crippen molar-refractivity contribution in [2.45, 2.75) is 31.7 Å². The van der Waals surface area contributed by atoms with Gasteiger partial charge in [0.1, 0.15) is 19.0 Å². The lowest BCUT2D eigenvalue weighted by atomic mass is 10.1. The van der Waals surface area contributed by atoms with Crippen LogP contribution in [0.4, 0.5) is 0 Å². The van der Waals surface area contributed by atoms with Crippen LogP contribution in [0.25, 0.3) is 11.5 Å². The second-order valence-electron chi connectivity index (χ2n) is 7.47. The van der Waals surface area contributed by atoms with Crippen molar-refractivity contribution in [1.82, 2.24) is 10.3 Å². The van der Waals surface area contributed by atoms with Crippen molar-refractivity contribution in [2.75, 3.05) is 13.2 Å². The molecule has 1 aliphatic heterocycles. The summed E-state index contributed by atoms with van der Waals surface area (Å²) in [6.45, 7) is 3.03. The number of aromatic nitrogens is 1. The fraction of sp³-hybridized carbons (Fsp3) is 0.304. The molecule has 1 unspecified atom stereocenters. The Morgan fingerprint density at radius 1 is 1.07 bits per heavy atom. The van der Waals surface area contributed by atoms with Gasteiger partial charge in [-0.3, -0.25) is 4.79 Å². The predicted octanol–water partition coefficient (Wildman–Crippen LogP) is 4.48. The van der Waals surface area contributed by atoms with E-state index in [-0.39, 0.29) is 17.9 Å². The Morgan fingerprint density at radius 2 is 1.83 bits per heavy atom. The fourth-order valence-electron chi connectivity index (χ4n) is 3.50. The zero-order chi connectivity index (χ0) is 19.8. The van der Waals surface area contributed by atoms with Crippen LogP contribution in [0.1, 0.15) is 53.5 Å². The van der Waals surface area contributed by atoms with Gasteiger partial charge >= 0.3 is 0 Å². The maximum atomic E-state index is 13.0. The number of ether oxygens (including phenoxy) is 2. The van der Waals surface area contributed by atoms with E-state index >= 15 is 0 Å². The first-order valence-electron chi connectivity index (χ1n) is 9.95. The Kier molecular flexibility index (Phi) is 4.46. The largest absolute Gasteiger partial charge is 0.486 e. The third-order valence-electron chi connectivity index (χ3n) is 5.25. The molecule has 0 bridgehead atoms. The van der Waals surface area contributed by atoms with Crippen molar-refractivity contribution >= 4 is 5.91 Å². The Morgan fingerprint density at radius 3 is 2.59 bits per heavy atom. The molecule has 0 saturated heterocycles. The lowest BCUT2D eigenvalue weighted by Crippen LogP contribution is -2.28. The number of benzene rings is 2. The van der Waals surface area contributed by atoms with Crippen molar-refractivity contribution in [1.29, 1.82) is 0 Å². The molecule has 5 rings (SSSR count). The average Bonchev–Trinajstić information content (AvgIpc) is 3.51. The molecule has 29 heavy (non-hydrogen) atoms. The molecule has 1 saturated carbocycles. The molecule has 3 aromatic rings. The highest BCUT2D eigenvalue weighted by Gasteiger charge is 2.34. The molecule has 0 radical (unpaired) electrons. The maximum Gasteiger partial charge on any atom is 0.274 e. The Labute approximate surface area is 168 Å². The molecule has 2 aromatic carbocycles. The minimum atomic E-state index is -0.222. The number of carbonyl (C=O) groups excluding carboxylic acids is 1. The number of oxazole rings is 1. The van der Waals surface area contributed by atoms with Gasteiger partial charge in [-0.05, 0) is 49.6 Å². The molecular weight excluding hydrogens is 368 g/mol. The quantitative estimate of drug-likeness (QED) is 0.695. The highest BCUT2D eigenvalue weighted by atomic mass is 16.6. The number of fused-ring (bicyclic) bond motifs is 1. The minimum absolute atomic E-state index is 0.206. The molecule has 6 heteroatoms. The summed E-state index contributed by atoms with van der Waals surface area (Å²) in [6, 6.07) is 15.2. The smallest absolute Gasteiger partial charge is 0.274 e. The van der Waals surface area contributed by atoms with Crippen molar-refractivity contribution < 1.29 is 18.7 Å². The normalized spacial score (nSPS) is 16.3. The maximum absolute atomic E-state index is 13.0. The number of amides is 1. The zero-order valence-electron chi connectivity index (χ0n) is 16.2. The third kappa shape index (κ3) is 3.58. The Hall–Kier alpha value is -3.28. The molecule has 1 aliphatic carbocycles. The Bertz CT molecular complexity index is 1040. The molecular formula is C23H22N2O4. The van der Waals surface area contributed by atoms with E-state index in [0.29, 0.717) is 36.3 Å². The zero-order valence-corrected chi connectivity index (χ0v) is 16.2. The van der Waals surface area contributed by atoms with Gasteiger partial charge < -0.3 is 19.2 Å². The summed E-state index contributed by atoms with van der Waals surface area (Å²) in [7, 11) is 0. The van der Waals surface area contributed by atoms with E-state index < -0.39 is 0 Å². The number of nitrogens with zero attached hydrogens (tertiary/aromatic N) is 1. The van der Waals surface area contributed by atoms with E-state index in [9.17, 15) is 4.79 Å². The summed E-state index contributed by atoms with van der Waals surface area (Å²) in [4.78, 5) is 17.6. The van der Waals surface area contributed by atoms with E-state index in [0.717, 1.165) is 29.7 Å². The SMILES string of the molecule is CC(NC(=O)c1nc(-c2ccccc2)oc1C1CC1)c1ccc2c(c1)OCCO2. The van der Waals surface area contributed by atoms with E-state index in [1.54, 1.807) is 0 Å². The van der Waals surface area contributed by atoms with Crippen molar-refractivity contribution in [2.24, 2.45) is 0 Å². The molecule has 1 N–H and O–H groups in total. The molecule has 0 spiro atoms. The summed E-state index contributed by atoms with van der Waals surface area (Å²) >= 11 is 0. The molecule has 1 amide bonds. The van der Waals surface area contributed by atoms with Gasteiger partial charge in [0.05, 0.1) is 6.04 Å². The third-order valence-corrected chi connectivity index (χ3v) is 5.25. The van der Waals surface area contributed by atoms with Crippen LogP contribution in [0, 0.1) is 0 Å². The van der Waals surface area contributed by atoms with E-state index in [1.165, 1.54) is 0 Å². The van der Waals surface area contributed by atoms with Gasteiger partial charge in [0.15, 0.2) is 17.2 Å². The van der Waals surface area contributed by atoms with Gasteiger partial charge in [0.2, 0.25) is 5.89 Å². The van der Waals surface area contributed by atoms with Gasteiger partial charge in [-0.15, -0.1) is 0 Å². The molecule has 1 atom stereocenters. The van der Waals surface area contributed by atoms with Crippen molar-refractivity contribution in [3.63, 3.8) is 0 Å². The van der Waals surface area contributed by atoms with Crippen LogP contribution in [0.15, 0.2) is 52.9 Å². The number of hydrogen-bond donors (Lipinski definition) is 1. The van der Waals surface area contributed by atoms with Crippen LogP contribution in [0.5, 0.6) is 11.5 Å². The monoisotopic (exact) mass is 390 g/mol. The summed E-state index contributed by atoms with van der Waals surface area (Å²) in [5, 5.41) is 3.05. The highest BCUT2D eigenvalue weighted by molar-refractivity contribution is 5.94. The first kappa shape index (κ1) is 17.8. The van der Waals surface area contributed by atoms with E-state index in [4.69, 9.17) is 13.9 Å². The van der Waals surface area contributed by atoms with Crippen LogP contribution < -0.4 is 14.8 Å². The summed E-state index contributed by atoms with van der Waals surface area (Å²) in [5.74, 6) is 2.69. The van der Waals surface area contributed by atoms with Crippen LogP contribution in [0.3, 0.4) is 0 Å². The second-order valence-corrected chi connectivity index (χ2v) is 7.47. The van der Waals surface area contributed by atoms with Gasteiger partial charge in [0.25, 0.3) is 5.91 Å². The van der Waals surface area contributed by atoms with Crippen molar-refractivity contribution in [3.8, 4) is 23.0 Å². The highest BCUT2D eigenvalue weighted by Crippen LogP contribution is 2.43. The van der Waals surface area contributed by atoms with Crippen LogP contribution in [0.2, 0.25) is 0 Å². The van der Waals surface area contributed by atoms with Crippen LogP contribution in [-0.2, 0) is 0 Å². The molecule has 2 aliphatic rings. The molecule has 2 heterocycles. The average molecular weight is 390 g/mol. The lowest BCUT2D eigenvalue weighted by Gasteiger charge is -2.21. The van der Waals surface area contributed by atoms with Gasteiger partial charge in [-0.2, -0.15) is 0 Å². The number of hydrogen-bond acceptors (Lipinski definition) is 5. The standard InChI is InChI=1S/C23H22N2O4/c1-14(17-9-10-18-19(13-17)28-12-11-27-18)24-22(26)20-21(15-7-8-15)29-23(25-20)16-5-3-2-4-6-16/h2-6,9-10,13-15H,7-8,11-12H2,1H3,(H,24,26). The van der Waals surface area contributed by atoms with E-state index in [2.05, 4.69) is 10.3 Å². The van der Waals surface area contributed by atoms with Crippen LogP contribution >= 0.6 is 0 Å². The van der Waals surface area contributed by atoms with Gasteiger partial charge in [-0.1, -0.05) is 24.3 Å². The fourth-order valence-corrected chi connectivity index (χ4v) is 3.50. The lowest BCUT2D eigenvalue weighted by molar-refractivity contribution is 0.0933. The second kappa shape index (κ2) is 7.28. The predicted molar refractivity (Wildman–Crippen MR) is 107 cm³/mol. The minimum Gasteiger partial charge on any atom is -0.486 e. The molecule has 1 fully saturated rings. The van der Waals surface area contributed by atoms with Gasteiger partial charge in [0, 0.05) is 11.5 Å². The Balaban J connectivity index is 1.38. The first-order chi connectivity index (χ1) is 14.2. The van der Waals surface area contributed by atoms with Gasteiger partial charge in [-0.25, -0.2) is 4.98 Å². The number of carbonyl (C=O) groups is 1. The first-order valence-corrected chi connectivity index (χ1v) is 9.95. The molecule has 6 nitrogen and oxygen atoms in total. The van der Waals surface area contributed by atoms with E-state index in [1.807, 2.05) is 55.5 Å². The topological polar surface area (TPSA) is 73.6 Å². The van der Waals surface area contributed by atoms with Crippen LogP contribution in [-0.4, -0.2) is 24.1 Å². The molecule has 148 valence electrons. The summed E-state index contributed by atoms with van der Waals surface area (Å²) in [5.41, 5.74) is 2.20. The van der Waals surface area contributed by atoms with Crippen molar-refractivity contribution in [3.05, 3.63) is 65.5 Å². The number of nitrogens with one attached hydrogen (secondary N) is 1. The number of rotatable bonds is 5. The summed E-state index contributed by atoms with van der Waals surface area (Å²) < 4.78 is 17.2.